The van der Waals surface area contributed by atoms with Gasteiger partial charge in [0.2, 0.25) is 0 Å². The first kappa shape index (κ1) is 22.2. The molecule has 0 aromatic heterocycles. The number of rotatable bonds is 7. The van der Waals surface area contributed by atoms with Crippen LogP contribution in [0.4, 0.5) is 18.0 Å². The van der Waals surface area contributed by atoms with Crippen LogP contribution < -0.4 is 11.1 Å². The lowest BCUT2D eigenvalue weighted by atomic mass is 10.0. The van der Waals surface area contributed by atoms with Crippen LogP contribution in [0.5, 0.6) is 0 Å². The standard InChI is InChI=1S/C19H16ClF3N2O4/c20-14-6-4-11(5-7-14)15(25-18(24)28)9-17(27)29-10-16(26)12-2-1-3-13(8-12)19(21,22)23/h1-8,15H,9-10H2,(H3,24,25,28). The van der Waals surface area contributed by atoms with Gasteiger partial charge in [-0.05, 0) is 29.8 Å². The molecule has 154 valence electrons. The fourth-order valence-corrected chi connectivity index (χ4v) is 2.57. The lowest BCUT2D eigenvalue weighted by molar-refractivity contribution is -0.143. The number of urea groups is 1. The average Bonchev–Trinajstić information content (AvgIpc) is 2.65. The Balaban J connectivity index is 2.00. The smallest absolute Gasteiger partial charge is 0.416 e. The van der Waals surface area contributed by atoms with Crippen molar-refractivity contribution in [3.8, 4) is 0 Å². The number of carbonyl (C=O) groups excluding carboxylic acids is 3. The highest BCUT2D eigenvalue weighted by molar-refractivity contribution is 6.30. The van der Waals surface area contributed by atoms with E-state index in [0.717, 1.165) is 12.1 Å². The second-order valence-electron chi connectivity index (χ2n) is 5.98. The second-order valence-corrected chi connectivity index (χ2v) is 6.42. The summed E-state index contributed by atoms with van der Waals surface area (Å²) < 4.78 is 43.0. The summed E-state index contributed by atoms with van der Waals surface area (Å²) in [5.74, 6) is -1.64. The molecular formula is C19H16ClF3N2O4. The van der Waals surface area contributed by atoms with E-state index in [1.165, 1.54) is 6.07 Å². The summed E-state index contributed by atoms with van der Waals surface area (Å²) in [7, 11) is 0. The zero-order valence-corrected chi connectivity index (χ0v) is 15.6. The van der Waals surface area contributed by atoms with Crippen LogP contribution in [0.3, 0.4) is 0 Å². The summed E-state index contributed by atoms with van der Waals surface area (Å²) in [6.45, 7) is -0.746. The number of halogens is 4. The van der Waals surface area contributed by atoms with Crippen LogP contribution in [-0.4, -0.2) is 24.4 Å². The monoisotopic (exact) mass is 428 g/mol. The zero-order chi connectivity index (χ0) is 21.6. The largest absolute Gasteiger partial charge is 0.457 e. The number of nitrogens with two attached hydrogens (primary N) is 1. The maximum absolute atomic E-state index is 12.7. The third kappa shape index (κ3) is 6.79. The van der Waals surface area contributed by atoms with E-state index in [0.29, 0.717) is 16.7 Å². The molecule has 0 spiro atoms. The summed E-state index contributed by atoms with van der Waals surface area (Å²) in [6.07, 6.45) is -4.94. The molecule has 29 heavy (non-hydrogen) atoms. The van der Waals surface area contributed by atoms with Crippen LogP contribution in [0.25, 0.3) is 0 Å². The van der Waals surface area contributed by atoms with Crippen molar-refractivity contribution in [1.29, 1.82) is 0 Å². The van der Waals surface area contributed by atoms with E-state index in [1.54, 1.807) is 24.3 Å². The molecule has 6 nitrogen and oxygen atoms in total. The van der Waals surface area contributed by atoms with E-state index in [9.17, 15) is 27.6 Å². The molecule has 0 aliphatic heterocycles. The summed E-state index contributed by atoms with van der Waals surface area (Å²) in [5, 5.41) is 2.82. The number of alkyl halides is 3. The van der Waals surface area contributed by atoms with Crippen molar-refractivity contribution in [2.45, 2.75) is 18.6 Å². The Morgan fingerprint density at radius 3 is 2.34 bits per heavy atom. The summed E-state index contributed by atoms with van der Waals surface area (Å²) >= 11 is 5.80. The van der Waals surface area contributed by atoms with Gasteiger partial charge in [-0.2, -0.15) is 13.2 Å². The van der Waals surface area contributed by atoms with E-state index in [1.807, 2.05) is 0 Å². The van der Waals surface area contributed by atoms with E-state index in [-0.39, 0.29) is 12.0 Å². The van der Waals surface area contributed by atoms with E-state index in [4.69, 9.17) is 22.1 Å². The van der Waals surface area contributed by atoms with Gasteiger partial charge >= 0.3 is 18.2 Å². The highest BCUT2D eigenvalue weighted by Crippen LogP contribution is 2.29. The zero-order valence-electron chi connectivity index (χ0n) is 14.8. The SMILES string of the molecule is NC(=O)NC(CC(=O)OCC(=O)c1cccc(C(F)(F)F)c1)c1ccc(Cl)cc1. The van der Waals surface area contributed by atoms with Gasteiger partial charge < -0.3 is 15.8 Å². The molecule has 0 bridgehead atoms. The van der Waals surface area contributed by atoms with Gasteiger partial charge in [-0.15, -0.1) is 0 Å². The number of ketones is 1. The van der Waals surface area contributed by atoms with E-state index < -0.39 is 42.2 Å². The Kier molecular flexibility index (Phi) is 7.22. The molecule has 3 N–H and O–H groups in total. The number of esters is 1. The van der Waals surface area contributed by atoms with Crippen LogP contribution in [0.15, 0.2) is 48.5 Å². The number of hydrogen-bond acceptors (Lipinski definition) is 4. The van der Waals surface area contributed by atoms with E-state index in [2.05, 4.69) is 5.32 Å². The van der Waals surface area contributed by atoms with Crippen LogP contribution in [0, 0.1) is 0 Å². The highest BCUT2D eigenvalue weighted by Gasteiger charge is 2.31. The molecule has 10 heteroatoms. The molecule has 1 atom stereocenters. The lowest BCUT2D eigenvalue weighted by Gasteiger charge is -2.17. The molecule has 1 unspecified atom stereocenters. The molecule has 2 rings (SSSR count). The van der Waals surface area contributed by atoms with Gasteiger partial charge in [-0.25, -0.2) is 4.79 Å². The van der Waals surface area contributed by atoms with Gasteiger partial charge in [0.15, 0.2) is 12.4 Å². The molecule has 0 heterocycles. The summed E-state index contributed by atoms with van der Waals surface area (Å²) in [5.41, 5.74) is 4.41. The summed E-state index contributed by atoms with van der Waals surface area (Å²) in [4.78, 5) is 35.3. The Labute approximate surface area is 168 Å². The lowest BCUT2D eigenvalue weighted by Crippen LogP contribution is -2.34. The van der Waals surface area contributed by atoms with E-state index >= 15 is 0 Å². The van der Waals surface area contributed by atoms with Crippen LogP contribution in [0.1, 0.15) is 33.9 Å². The van der Waals surface area contributed by atoms with Gasteiger partial charge in [0.1, 0.15) is 0 Å². The number of primary amides is 1. The number of amides is 2. The number of hydrogen-bond donors (Lipinski definition) is 2. The van der Waals surface area contributed by atoms with Crippen molar-refractivity contribution >= 4 is 29.4 Å². The maximum Gasteiger partial charge on any atom is 0.416 e. The quantitative estimate of drug-likeness (QED) is 0.516. The molecule has 0 saturated heterocycles. The van der Waals surface area contributed by atoms with Gasteiger partial charge in [0.25, 0.3) is 0 Å². The third-order valence-electron chi connectivity index (χ3n) is 3.84. The molecule has 0 fully saturated rings. The van der Waals surface area contributed by atoms with Crippen LogP contribution in [-0.2, 0) is 15.7 Å². The molecule has 0 saturated carbocycles. The molecule has 0 radical (unpaired) electrons. The molecule has 2 aromatic carbocycles. The van der Waals surface area contributed by atoms with Gasteiger partial charge in [0.05, 0.1) is 18.0 Å². The average molecular weight is 429 g/mol. The minimum Gasteiger partial charge on any atom is -0.457 e. The van der Waals surface area contributed by atoms with Crippen molar-refractivity contribution in [3.05, 3.63) is 70.2 Å². The molecule has 2 aromatic rings. The molecule has 0 aliphatic carbocycles. The Morgan fingerprint density at radius 1 is 1.10 bits per heavy atom. The van der Waals surface area contributed by atoms with Gasteiger partial charge in [-0.1, -0.05) is 35.9 Å². The molecule has 2 amide bonds. The first-order chi connectivity index (χ1) is 13.6. The van der Waals surface area contributed by atoms with Gasteiger partial charge in [-0.3, -0.25) is 9.59 Å². The minimum absolute atomic E-state index is 0.239. The molecular weight excluding hydrogens is 413 g/mol. The maximum atomic E-state index is 12.7. The number of carbonyl (C=O) groups is 3. The van der Waals surface area contributed by atoms with Crippen molar-refractivity contribution in [3.63, 3.8) is 0 Å². The van der Waals surface area contributed by atoms with Crippen molar-refractivity contribution in [1.82, 2.24) is 5.32 Å². The Bertz CT molecular complexity index is 901. The number of Topliss-reactive ketones (excluding diaryl/α,β-unsaturated/α-hetero) is 1. The topological polar surface area (TPSA) is 98.5 Å². The molecule has 0 aliphatic rings. The van der Waals surface area contributed by atoms with Crippen molar-refractivity contribution in [2.24, 2.45) is 5.73 Å². The second kappa shape index (κ2) is 9.42. The first-order valence-corrected chi connectivity index (χ1v) is 8.61. The van der Waals surface area contributed by atoms with Crippen molar-refractivity contribution in [2.75, 3.05) is 6.61 Å². The van der Waals surface area contributed by atoms with Crippen molar-refractivity contribution < 1.29 is 32.3 Å². The minimum atomic E-state index is -4.60. The Morgan fingerprint density at radius 2 is 1.76 bits per heavy atom. The third-order valence-corrected chi connectivity index (χ3v) is 4.09. The fourth-order valence-electron chi connectivity index (χ4n) is 2.44. The predicted molar refractivity (Wildman–Crippen MR) is 98.3 cm³/mol. The summed E-state index contributed by atoms with van der Waals surface area (Å²) in [6, 6.07) is 8.33. The first-order valence-electron chi connectivity index (χ1n) is 8.24. The van der Waals surface area contributed by atoms with Gasteiger partial charge in [0, 0.05) is 10.6 Å². The predicted octanol–water partition coefficient (Wildman–Crippen LogP) is 3.88. The number of benzene rings is 2. The highest BCUT2D eigenvalue weighted by atomic mass is 35.5. The van der Waals surface area contributed by atoms with Crippen LogP contribution >= 0.6 is 11.6 Å². The fraction of sp³-hybridized carbons (Fsp3) is 0.211. The van der Waals surface area contributed by atoms with Crippen LogP contribution in [0.2, 0.25) is 5.02 Å². The normalized spacial score (nSPS) is 12.1. The Hall–Kier alpha value is -3.07. The number of ether oxygens (including phenoxy) is 1. The number of nitrogens with one attached hydrogen (secondary N) is 1.